The molecule has 6 atom stereocenters. The van der Waals surface area contributed by atoms with Gasteiger partial charge >= 0.3 is 6.09 Å². The largest absolute Gasteiger partial charge is 0.495 e. The van der Waals surface area contributed by atoms with Gasteiger partial charge in [0.05, 0.1) is 31.0 Å². The van der Waals surface area contributed by atoms with Crippen molar-refractivity contribution in [3.05, 3.63) is 64.0 Å². The Morgan fingerprint density at radius 3 is 2.43 bits per heavy atom. The molecule has 4 aromatic rings. The van der Waals surface area contributed by atoms with Gasteiger partial charge in [0.1, 0.15) is 63.4 Å². The van der Waals surface area contributed by atoms with E-state index < -0.39 is 78.0 Å². The van der Waals surface area contributed by atoms with E-state index in [1.807, 2.05) is 19.2 Å². The Bertz CT molecular complexity index is 2450. The lowest BCUT2D eigenvalue weighted by atomic mass is 10.0. The molecule has 19 heteroatoms. The van der Waals surface area contributed by atoms with E-state index in [0.717, 1.165) is 57.1 Å². The Morgan fingerprint density at radius 2 is 1.71 bits per heavy atom. The number of halogens is 3. The number of rotatable bonds is 11. The number of nitrogens with one attached hydrogen (secondary N) is 3. The van der Waals surface area contributed by atoms with E-state index in [4.69, 9.17) is 35.8 Å². The normalized spacial score (nSPS) is 25.2. The highest BCUT2D eigenvalue weighted by atomic mass is 35.5. The van der Waals surface area contributed by atoms with Gasteiger partial charge in [-0.2, -0.15) is 0 Å². The second-order valence-corrected chi connectivity index (χ2v) is 21.8. The molecule has 65 heavy (non-hydrogen) atoms. The van der Waals surface area contributed by atoms with Crippen LogP contribution in [0.4, 0.5) is 18.7 Å². The van der Waals surface area contributed by atoms with Crippen LogP contribution in [0.25, 0.3) is 22.3 Å². The van der Waals surface area contributed by atoms with Gasteiger partial charge in [-0.1, -0.05) is 49.8 Å². The van der Waals surface area contributed by atoms with E-state index in [2.05, 4.69) is 16.0 Å². The number of pyridine rings is 1. The number of fused-ring (bicyclic) bond motifs is 3. The Morgan fingerprint density at radius 1 is 1.00 bits per heavy atom. The van der Waals surface area contributed by atoms with Crippen LogP contribution in [0.5, 0.6) is 11.5 Å². The van der Waals surface area contributed by atoms with Crippen LogP contribution in [0.15, 0.2) is 41.8 Å². The maximum atomic E-state index is 15.0. The SMILES string of the molecule is COc1ccc2c(O[C@@H]3C[C@H]4C(=O)N[C@]5(P(=O)(O)Cc6c(F)cccc6F)C[C@H]5CCCCCCC[C@H](NC(=O)OC5CCCC5)C(=O)N4C3)cc(-c3csc(NC(C)C)n3)nc2c1Cl. The number of nitrogens with zero attached hydrogens (tertiary/aromatic N) is 3. The number of alkyl carbamates (subject to hydrolysis) is 1. The summed E-state index contributed by atoms with van der Waals surface area (Å²) in [5, 5.41) is 10.7. The van der Waals surface area contributed by atoms with Crippen molar-refractivity contribution in [2.75, 3.05) is 19.0 Å². The average Bonchev–Trinajstić information content (AvgIpc) is 3.68. The Labute approximate surface area is 386 Å². The van der Waals surface area contributed by atoms with Crippen LogP contribution in [0.3, 0.4) is 0 Å². The van der Waals surface area contributed by atoms with Gasteiger partial charge in [0.15, 0.2) is 5.13 Å². The molecule has 1 unspecified atom stereocenters. The van der Waals surface area contributed by atoms with E-state index in [1.165, 1.54) is 29.4 Å². The molecule has 0 spiro atoms. The minimum atomic E-state index is -4.56. The van der Waals surface area contributed by atoms with Gasteiger partial charge in [-0.3, -0.25) is 14.2 Å². The summed E-state index contributed by atoms with van der Waals surface area (Å²) < 4.78 is 62.5. The second kappa shape index (κ2) is 19.7. The molecule has 0 radical (unpaired) electrons. The quantitative estimate of drug-likeness (QED) is 0.105. The molecule has 3 amide bonds. The fraction of sp³-hybridized carbons (Fsp3) is 0.543. The summed E-state index contributed by atoms with van der Waals surface area (Å²) in [6.45, 7) is 3.92. The molecular weight excluding hydrogens is 901 g/mol. The number of benzene rings is 2. The number of carbonyl (C=O) groups excluding carboxylic acids is 3. The van der Waals surface area contributed by atoms with Crippen LogP contribution >= 0.6 is 30.3 Å². The number of hydrogen-bond donors (Lipinski definition) is 4. The third-order valence-electron chi connectivity index (χ3n) is 13.1. The van der Waals surface area contributed by atoms with Crippen LogP contribution in [0, 0.1) is 17.6 Å². The van der Waals surface area contributed by atoms with Gasteiger partial charge in [0.25, 0.3) is 0 Å². The summed E-state index contributed by atoms with van der Waals surface area (Å²) in [6.07, 6.45) is 5.33. The predicted molar refractivity (Wildman–Crippen MR) is 245 cm³/mol. The summed E-state index contributed by atoms with van der Waals surface area (Å²) in [6, 6.07) is 6.29. The maximum Gasteiger partial charge on any atom is 0.408 e. The molecule has 2 aliphatic heterocycles. The highest BCUT2D eigenvalue weighted by Gasteiger charge is 2.66. The molecule has 4 N–H and O–H groups in total. The topological polar surface area (TPSA) is 181 Å². The van der Waals surface area contributed by atoms with Crippen molar-refractivity contribution in [1.29, 1.82) is 0 Å². The van der Waals surface area contributed by atoms with Crippen LogP contribution in [-0.2, 0) is 25.1 Å². The predicted octanol–water partition coefficient (Wildman–Crippen LogP) is 9.55. The number of hydrogen-bond acceptors (Lipinski definition) is 11. The lowest BCUT2D eigenvalue weighted by Crippen LogP contribution is -2.55. The van der Waals surface area contributed by atoms with Crippen LogP contribution < -0.4 is 25.4 Å². The van der Waals surface area contributed by atoms with Crippen molar-refractivity contribution >= 4 is 64.2 Å². The molecule has 2 aliphatic carbocycles. The van der Waals surface area contributed by atoms with Gasteiger partial charge in [0, 0.05) is 34.9 Å². The first kappa shape index (κ1) is 46.9. The molecule has 2 aromatic heterocycles. The molecule has 350 valence electrons. The van der Waals surface area contributed by atoms with Crippen molar-refractivity contribution in [2.45, 2.75) is 139 Å². The van der Waals surface area contributed by atoms with Crippen molar-refractivity contribution in [3.8, 4) is 22.9 Å². The van der Waals surface area contributed by atoms with Gasteiger partial charge in [0.2, 0.25) is 19.2 Å². The van der Waals surface area contributed by atoms with Gasteiger partial charge in [-0.05, 0) is 89.0 Å². The second-order valence-electron chi connectivity index (χ2n) is 18.0. The van der Waals surface area contributed by atoms with Crippen molar-refractivity contribution in [3.63, 3.8) is 0 Å². The Hall–Kier alpha value is -4.57. The molecule has 2 aromatic carbocycles. The zero-order valence-electron chi connectivity index (χ0n) is 36.7. The lowest BCUT2D eigenvalue weighted by molar-refractivity contribution is -0.140. The summed E-state index contributed by atoms with van der Waals surface area (Å²) in [5.41, 5.74) is 0.862. The zero-order chi connectivity index (χ0) is 46.0. The molecular formula is C46H56ClF2N6O8PS. The monoisotopic (exact) mass is 956 g/mol. The number of carbonyl (C=O) groups is 3. The number of methoxy groups -OCH3 is 1. The molecule has 4 fully saturated rings. The minimum Gasteiger partial charge on any atom is -0.495 e. The first-order valence-corrected chi connectivity index (χ1v) is 25.7. The van der Waals surface area contributed by atoms with Crippen molar-refractivity contribution in [2.24, 2.45) is 5.92 Å². The lowest BCUT2D eigenvalue weighted by Gasteiger charge is -2.31. The zero-order valence-corrected chi connectivity index (χ0v) is 39.2. The first-order chi connectivity index (χ1) is 31.2. The van der Waals surface area contributed by atoms with E-state index in [-0.39, 0.29) is 36.6 Å². The van der Waals surface area contributed by atoms with Crippen molar-refractivity contribution < 1.29 is 46.8 Å². The third-order valence-corrected chi connectivity index (χ3v) is 16.9. The number of ether oxygens (including phenoxy) is 3. The molecule has 8 rings (SSSR count). The molecule has 14 nitrogen and oxygen atoms in total. The van der Waals surface area contributed by atoms with E-state index in [0.29, 0.717) is 64.6 Å². The Kier molecular flexibility index (Phi) is 14.2. The summed E-state index contributed by atoms with van der Waals surface area (Å²) in [4.78, 5) is 65.9. The van der Waals surface area contributed by atoms with E-state index in [9.17, 15) is 32.6 Å². The minimum absolute atomic E-state index is 0.0442. The fourth-order valence-corrected chi connectivity index (χ4v) is 13.2. The smallest absolute Gasteiger partial charge is 0.408 e. The molecule has 4 aliphatic rings. The van der Waals surface area contributed by atoms with Crippen LogP contribution in [0.1, 0.15) is 103 Å². The summed E-state index contributed by atoms with van der Waals surface area (Å²) in [5.74, 6) is -2.85. The molecule has 0 bridgehead atoms. The number of anilines is 1. The fourth-order valence-electron chi connectivity index (χ4n) is 9.58. The van der Waals surface area contributed by atoms with Gasteiger partial charge < -0.3 is 40.0 Å². The number of amides is 3. The standard InChI is InChI=1S/C46H56ClF2N6O8PS/c1-26(2)50-44-52-36(25-65-44)35-21-39(30-18-19-38(61-3)40(47)41(30)51-35)62-29-20-37-42(56)54-46(64(59,60)24-31-32(48)15-11-16-33(31)49)22-27(46)12-7-5-4-6-8-17-34(43(57)55(37)23-29)53-45(58)63-28-13-9-10-14-28/h11,15-16,18-19,21,25-29,34,37H,4-10,12-14,17,20,22-24H2,1-3H3,(H,50,52)(H,53,58)(H,54,56)(H,59,60)/t27-,29-,34+,37+,46+/m1/s1. The van der Waals surface area contributed by atoms with Gasteiger partial charge in [-0.15, -0.1) is 11.3 Å². The molecule has 4 heterocycles. The number of aromatic nitrogens is 2. The maximum absolute atomic E-state index is 15.0. The highest BCUT2D eigenvalue weighted by Crippen LogP contribution is 2.71. The third kappa shape index (κ3) is 10.2. The summed E-state index contributed by atoms with van der Waals surface area (Å²) >= 11 is 8.28. The van der Waals surface area contributed by atoms with E-state index >= 15 is 0 Å². The average molecular weight is 957 g/mol. The molecule has 2 saturated carbocycles. The molecule has 2 saturated heterocycles. The van der Waals surface area contributed by atoms with E-state index in [1.54, 1.807) is 18.2 Å². The van der Waals surface area contributed by atoms with Crippen LogP contribution in [0.2, 0.25) is 5.02 Å². The Balaban J connectivity index is 1.14. The summed E-state index contributed by atoms with van der Waals surface area (Å²) in [7, 11) is -3.06. The number of thiazole rings is 1. The highest BCUT2D eigenvalue weighted by molar-refractivity contribution is 7.59. The van der Waals surface area contributed by atoms with Crippen molar-refractivity contribution in [1.82, 2.24) is 25.5 Å². The van der Waals surface area contributed by atoms with Crippen LogP contribution in [-0.4, -0.2) is 86.9 Å². The first-order valence-electron chi connectivity index (χ1n) is 22.6. The van der Waals surface area contributed by atoms with Gasteiger partial charge in [-0.25, -0.2) is 23.5 Å².